The van der Waals surface area contributed by atoms with Gasteiger partial charge in [0.25, 0.3) is 0 Å². The van der Waals surface area contributed by atoms with Gasteiger partial charge >= 0.3 is 11.9 Å². The quantitative estimate of drug-likeness (QED) is 0.676. The summed E-state index contributed by atoms with van der Waals surface area (Å²) in [5, 5.41) is 27.8. The third-order valence-corrected chi connectivity index (χ3v) is 5.19. The molecule has 0 saturated carbocycles. The number of carboxylic acids is 2. The van der Waals surface area contributed by atoms with Gasteiger partial charge in [-0.05, 0) is 13.0 Å². The molecule has 1 aromatic rings. The van der Waals surface area contributed by atoms with Crippen LogP contribution in [0.25, 0.3) is 4.91 Å². The summed E-state index contributed by atoms with van der Waals surface area (Å²) in [6, 6.07) is 1.27. The highest BCUT2D eigenvalue weighted by Crippen LogP contribution is 2.54. The molecule has 1 amide bonds. The van der Waals surface area contributed by atoms with Gasteiger partial charge in [0, 0.05) is 18.0 Å². The monoisotopic (exact) mass is 336 g/mol. The molecule has 1 fully saturated rings. The lowest BCUT2D eigenvalue weighted by molar-refractivity contribution is -0.156. The zero-order valence-electron chi connectivity index (χ0n) is 11.8. The maximum atomic E-state index is 12.1. The third-order valence-electron chi connectivity index (χ3n) is 3.80. The van der Waals surface area contributed by atoms with Crippen LogP contribution in [-0.4, -0.2) is 54.5 Å². The zero-order valence-corrected chi connectivity index (χ0v) is 12.6. The molecule has 9 heteroatoms. The number of hydrogen-bond donors (Lipinski definition) is 3. The number of carbonyl (C=O) groups is 3. The molecule has 0 aliphatic carbocycles. The Bertz CT molecular complexity index is 759. The van der Waals surface area contributed by atoms with Crippen LogP contribution in [0.2, 0.25) is 0 Å². The van der Waals surface area contributed by atoms with E-state index in [1.165, 1.54) is 25.4 Å². The summed E-state index contributed by atoms with van der Waals surface area (Å²) < 4.78 is 0. The Kier molecular flexibility index (Phi) is 3.61. The Balaban J connectivity index is 2.11. The number of nitrogens with zero attached hydrogens (tertiary/aromatic N) is 2. The average Bonchev–Trinajstić information content (AvgIpc) is 2.81. The van der Waals surface area contributed by atoms with Crippen molar-refractivity contribution in [3.63, 3.8) is 0 Å². The molecule has 0 bridgehead atoms. The van der Waals surface area contributed by atoms with Crippen LogP contribution in [0, 0.1) is 5.92 Å². The van der Waals surface area contributed by atoms with E-state index in [0.717, 1.165) is 16.7 Å². The van der Waals surface area contributed by atoms with Crippen molar-refractivity contribution in [3.05, 3.63) is 35.3 Å². The van der Waals surface area contributed by atoms with Crippen molar-refractivity contribution in [3.8, 4) is 0 Å². The van der Waals surface area contributed by atoms with E-state index in [1.54, 1.807) is 0 Å². The van der Waals surface area contributed by atoms with Gasteiger partial charge in [0.1, 0.15) is 11.1 Å². The molecule has 0 spiro atoms. The smallest absolute Gasteiger partial charge is 0.353 e. The summed E-state index contributed by atoms with van der Waals surface area (Å²) in [4.78, 5) is 40.2. The van der Waals surface area contributed by atoms with E-state index in [9.17, 15) is 29.7 Å². The molecule has 1 aromatic heterocycles. The topological polar surface area (TPSA) is 128 Å². The summed E-state index contributed by atoms with van der Waals surface area (Å²) in [5.41, 5.74) is -0.212. The van der Waals surface area contributed by atoms with Gasteiger partial charge in [-0.1, -0.05) is 11.8 Å². The number of rotatable bonds is 4. The van der Waals surface area contributed by atoms with Crippen molar-refractivity contribution in [2.24, 2.45) is 5.92 Å². The SMILES string of the molecule is C[C@@H](O)[C@H]1C(=O)N2C(C(=O)O)=C(c3cnccc3C(=O)O)S[C@H]12. The number of aromatic carboxylic acids is 1. The van der Waals surface area contributed by atoms with Gasteiger partial charge < -0.3 is 15.3 Å². The molecule has 0 aromatic carbocycles. The standard InChI is InChI=1S/C14H12N2O6S/c1-5(17)8-11(18)16-9(14(21)22)10(23-12(8)16)7-4-15-3-2-6(7)13(19)20/h2-5,8,12,17H,1H3,(H,19,20)(H,21,22)/t5-,8+,12-/m1/s1. The summed E-state index contributed by atoms with van der Waals surface area (Å²) >= 11 is 1.06. The van der Waals surface area contributed by atoms with Crippen molar-refractivity contribution in [1.29, 1.82) is 0 Å². The van der Waals surface area contributed by atoms with E-state index in [-0.39, 0.29) is 21.7 Å². The first-order chi connectivity index (χ1) is 10.8. The molecule has 3 rings (SSSR count). The molecule has 8 nitrogen and oxygen atoms in total. The number of carbonyl (C=O) groups excluding carboxylic acids is 1. The zero-order chi connectivity index (χ0) is 16.9. The highest BCUT2D eigenvalue weighted by atomic mass is 32.2. The van der Waals surface area contributed by atoms with Crippen molar-refractivity contribution in [2.75, 3.05) is 0 Å². The second-order valence-electron chi connectivity index (χ2n) is 5.19. The maximum Gasteiger partial charge on any atom is 0.353 e. The number of amides is 1. The molecular formula is C14H12N2O6S. The maximum absolute atomic E-state index is 12.1. The van der Waals surface area contributed by atoms with E-state index >= 15 is 0 Å². The molecule has 0 unspecified atom stereocenters. The van der Waals surface area contributed by atoms with Crippen LogP contribution in [-0.2, 0) is 9.59 Å². The Morgan fingerprint density at radius 3 is 2.61 bits per heavy atom. The number of carboxylic acid groups (broad SMARTS) is 2. The Labute approximate surface area is 134 Å². The van der Waals surface area contributed by atoms with Crippen molar-refractivity contribution >= 4 is 34.5 Å². The van der Waals surface area contributed by atoms with E-state index < -0.39 is 35.2 Å². The fourth-order valence-electron chi connectivity index (χ4n) is 2.73. The summed E-state index contributed by atoms with van der Waals surface area (Å²) in [7, 11) is 0. The largest absolute Gasteiger partial charge is 0.478 e. The first-order valence-corrected chi connectivity index (χ1v) is 7.55. The van der Waals surface area contributed by atoms with Crippen LogP contribution < -0.4 is 0 Å². The number of aliphatic carboxylic acids is 1. The highest BCUT2D eigenvalue weighted by Gasteiger charge is 2.58. The van der Waals surface area contributed by atoms with Gasteiger partial charge in [-0.15, -0.1) is 0 Å². The lowest BCUT2D eigenvalue weighted by Crippen LogP contribution is -2.60. The summed E-state index contributed by atoms with van der Waals surface area (Å²) in [6.07, 6.45) is 1.65. The van der Waals surface area contributed by atoms with Crippen LogP contribution >= 0.6 is 11.8 Å². The van der Waals surface area contributed by atoms with Crippen molar-refractivity contribution in [2.45, 2.75) is 18.4 Å². The van der Waals surface area contributed by atoms with Crippen LogP contribution in [0.3, 0.4) is 0 Å². The fourth-order valence-corrected chi connectivity index (χ4v) is 4.37. The first-order valence-electron chi connectivity index (χ1n) is 6.67. The predicted octanol–water partition coefficient (Wildman–Crippen LogP) is 0.445. The normalized spacial score (nSPS) is 24.3. The second-order valence-corrected chi connectivity index (χ2v) is 6.32. The molecule has 3 atom stereocenters. The average molecular weight is 336 g/mol. The van der Waals surface area contributed by atoms with Gasteiger partial charge in [0.2, 0.25) is 5.91 Å². The summed E-state index contributed by atoms with van der Waals surface area (Å²) in [5.74, 6) is -3.73. The minimum Gasteiger partial charge on any atom is -0.478 e. The molecule has 2 aliphatic rings. The van der Waals surface area contributed by atoms with Crippen LogP contribution in [0.5, 0.6) is 0 Å². The molecule has 120 valence electrons. The van der Waals surface area contributed by atoms with E-state index in [0.29, 0.717) is 0 Å². The fraction of sp³-hybridized carbons (Fsp3) is 0.286. The number of hydrogen-bond acceptors (Lipinski definition) is 6. The number of fused-ring (bicyclic) bond motifs is 1. The number of aliphatic hydroxyl groups excluding tert-OH is 1. The number of β-lactam (4-membered cyclic amide) rings is 1. The minimum atomic E-state index is -1.33. The Morgan fingerprint density at radius 2 is 2.04 bits per heavy atom. The number of aliphatic hydroxyl groups is 1. The summed E-state index contributed by atoms with van der Waals surface area (Å²) in [6.45, 7) is 1.46. The van der Waals surface area contributed by atoms with Crippen LogP contribution in [0.1, 0.15) is 22.8 Å². The van der Waals surface area contributed by atoms with Gasteiger partial charge in [-0.25, -0.2) is 9.59 Å². The lowest BCUT2D eigenvalue weighted by Gasteiger charge is -2.43. The number of thioether (sulfide) groups is 1. The molecule has 2 aliphatic heterocycles. The first kappa shape index (κ1) is 15.5. The highest BCUT2D eigenvalue weighted by molar-refractivity contribution is 8.09. The second kappa shape index (κ2) is 5.36. The van der Waals surface area contributed by atoms with E-state index in [2.05, 4.69) is 4.98 Å². The van der Waals surface area contributed by atoms with Crippen LogP contribution in [0.4, 0.5) is 0 Å². The molecule has 3 heterocycles. The van der Waals surface area contributed by atoms with E-state index in [4.69, 9.17) is 0 Å². The number of aromatic nitrogens is 1. The Morgan fingerprint density at radius 1 is 1.35 bits per heavy atom. The van der Waals surface area contributed by atoms with Crippen LogP contribution in [0.15, 0.2) is 24.2 Å². The van der Waals surface area contributed by atoms with Gasteiger partial charge in [0.15, 0.2) is 0 Å². The molecule has 23 heavy (non-hydrogen) atoms. The molecule has 0 radical (unpaired) electrons. The number of pyridine rings is 1. The lowest BCUT2D eigenvalue weighted by atomic mass is 9.92. The van der Waals surface area contributed by atoms with E-state index in [1.807, 2.05) is 0 Å². The molecule has 1 saturated heterocycles. The minimum absolute atomic E-state index is 0.0928. The van der Waals surface area contributed by atoms with Gasteiger partial charge in [-0.2, -0.15) is 0 Å². The van der Waals surface area contributed by atoms with Gasteiger partial charge in [-0.3, -0.25) is 14.7 Å². The molecule has 3 N–H and O–H groups in total. The predicted molar refractivity (Wildman–Crippen MR) is 79.1 cm³/mol. The third kappa shape index (κ3) is 2.20. The Hall–Kier alpha value is -2.39. The van der Waals surface area contributed by atoms with Crippen molar-refractivity contribution in [1.82, 2.24) is 9.88 Å². The molecular weight excluding hydrogens is 324 g/mol. The van der Waals surface area contributed by atoms with Gasteiger partial charge in [0.05, 0.1) is 22.5 Å². The van der Waals surface area contributed by atoms with Crippen molar-refractivity contribution < 1.29 is 29.7 Å².